The first kappa shape index (κ1) is 39.0. The molecule has 8 nitrogen and oxygen atoms in total. The molecule has 1 aliphatic carbocycles. The van der Waals surface area contributed by atoms with Crippen LogP contribution in [0, 0.1) is 17.8 Å². The quantitative estimate of drug-likeness (QED) is 0.0617. The van der Waals surface area contributed by atoms with Crippen LogP contribution in [-0.2, 0) is 23.9 Å². The van der Waals surface area contributed by atoms with E-state index in [4.69, 9.17) is 9.47 Å². The molecule has 1 rings (SSSR count). The Balaban J connectivity index is 2.15. The zero-order valence-corrected chi connectivity index (χ0v) is 27.1. The minimum absolute atomic E-state index is 0.000797. The van der Waals surface area contributed by atoms with Crippen LogP contribution >= 0.6 is 0 Å². The molecule has 8 heteroatoms. The van der Waals surface area contributed by atoms with Gasteiger partial charge >= 0.3 is 11.9 Å². The second-order valence-electron chi connectivity index (χ2n) is 12.5. The molecule has 0 aromatic heterocycles. The van der Waals surface area contributed by atoms with Gasteiger partial charge in [0, 0.05) is 31.1 Å². The van der Waals surface area contributed by atoms with Gasteiger partial charge in [-0.1, -0.05) is 103 Å². The van der Waals surface area contributed by atoms with E-state index in [-0.39, 0.29) is 43.7 Å². The van der Waals surface area contributed by atoms with Crippen molar-refractivity contribution in [3.05, 3.63) is 24.3 Å². The Morgan fingerprint density at radius 1 is 0.860 bits per heavy atom. The third-order valence-electron chi connectivity index (χ3n) is 7.99. The van der Waals surface area contributed by atoms with Gasteiger partial charge in [0.25, 0.3) is 0 Å². The summed E-state index contributed by atoms with van der Waals surface area (Å²) < 4.78 is 10.2. The van der Waals surface area contributed by atoms with Gasteiger partial charge < -0.3 is 24.8 Å². The van der Waals surface area contributed by atoms with Crippen molar-refractivity contribution in [2.24, 2.45) is 17.8 Å². The molecule has 3 N–H and O–H groups in total. The first-order valence-electron chi connectivity index (χ1n) is 16.8. The summed E-state index contributed by atoms with van der Waals surface area (Å²) in [5.41, 5.74) is 0. The second-order valence-corrected chi connectivity index (χ2v) is 12.5. The highest BCUT2D eigenvalue weighted by atomic mass is 16.6. The third kappa shape index (κ3) is 19.8. The molecule has 0 aromatic carbocycles. The molecule has 1 aliphatic rings. The standard InChI is InChI=1S/C35H60O8/c1-4-5-12-18-28(36)22-23-31-30(32(38)24-33(31)39)19-14-10-11-16-21-35(41)43-26-29(37)25-42-34(40)20-15-9-7-6-8-13-17-27(2)3/h10,14,22-23,27-32,36-38H,4-9,11-13,15-21,24-26H2,1-3H3/b14-10-,23-22+/t28-,29+,30+,31+,32-/m0/s1. The Bertz CT molecular complexity index is 821. The van der Waals surface area contributed by atoms with Gasteiger partial charge in [-0.3, -0.25) is 14.4 Å². The minimum Gasteiger partial charge on any atom is -0.463 e. The molecule has 1 saturated carbocycles. The first-order chi connectivity index (χ1) is 20.6. The topological polar surface area (TPSA) is 130 Å². The summed E-state index contributed by atoms with van der Waals surface area (Å²) in [6.07, 6.45) is 19.0. The lowest BCUT2D eigenvalue weighted by Gasteiger charge is -2.17. The van der Waals surface area contributed by atoms with Crippen LogP contribution in [0.25, 0.3) is 0 Å². The molecule has 5 atom stereocenters. The highest BCUT2D eigenvalue weighted by molar-refractivity contribution is 5.86. The summed E-state index contributed by atoms with van der Waals surface area (Å²) >= 11 is 0. The Labute approximate surface area is 260 Å². The number of hydrogen-bond donors (Lipinski definition) is 3. The molecule has 43 heavy (non-hydrogen) atoms. The lowest BCUT2D eigenvalue weighted by molar-refractivity contribution is -0.152. The maximum atomic E-state index is 12.4. The van der Waals surface area contributed by atoms with Gasteiger partial charge in [-0.15, -0.1) is 0 Å². The molecule has 0 amide bonds. The van der Waals surface area contributed by atoms with Crippen LogP contribution in [0.4, 0.5) is 0 Å². The number of ketones is 1. The number of unbranched alkanes of at least 4 members (excludes halogenated alkanes) is 8. The van der Waals surface area contributed by atoms with Gasteiger partial charge in [-0.05, 0) is 38.0 Å². The van der Waals surface area contributed by atoms with Crippen LogP contribution in [-0.4, -0.2) is 64.6 Å². The molecule has 0 bridgehead atoms. The smallest absolute Gasteiger partial charge is 0.305 e. The number of rotatable bonds is 25. The van der Waals surface area contributed by atoms with E-state index in [9.17, 15) is 29.7 Å². The van der Waals surface area contributed by atoms with E-state index < -0.39 is 30.2 Å². The summed E-state index contributed by atoms with van der Waals surface area (Å²) in [6.45, 7) is 6.19. The van der Waals surface area contributed by atoms with Gasteiger partial charge in [-0.25, -0.2) is 0 Å². The average molecular weight is 609 g/mol. The summed E-state index contributed by atoms with van der Waals surface area (Å²) in [7, 11) is 0. The highest BCUT2D eigenvalue weighted by Crippen LogP contribution is 2.33. The number of ether oxygens (including phenoxy) is 2. The van der Waals surface area contributed by atoms with E-state index >= 15 is 0 Å². The Kier molecular flexibility index (Phi) is 22.0. The molecule has 0 aliphatic heterocycles. The molecular formula is C35H60O8. The predicted octanol–water partition coefficient (Wildman–Crippen LogP) is 6.39. The Morgan fingerprint density at radius 2 is 1.47 bits per heavy atom. The summed E-state index contributed by atoms with van der Waals surface area (Å²) in [6, 6.07) is 0. The van der Waals surface area contributed by atoms with Crippen LogP contribution in [0.1, 0.15) is 130 Å². The number of carbonyl (C=O) groups excluding carboxylic acids is 3. The lowest BCUT2D eigenvalue weighted by atomic mass is 9.90. The molecular weight excluding hydrogens is 548 g/mol. The summed E-state index contributed by atoms with van der Waals surface area (Å²) in [5.74, 6) is -0.616. The normalized spacial score (nSPS) is 20.3. The van der Waals surface area contributed by atoms with Crippen molar-refractivity contribution < 1.29 is 39.2 Å². The van der Waals surface area contributed by atoms with Gasteiger partial charge in [0.2, 0.25) is 0 Å². The van der Waals surface area contributed by atoms with Gasteiger partial charge in [-0.2, -0.15) is 0 Å². The molecule has 0 radical (unpaired) electrons. The van der Waals surface area contributed by atoms with Gasteiger partial charge in [0.1, 0.15) is 25.1 Å². The van der Waals surface area contributed by atoms with Crippen molar-refractivity contribution in [2.45, 2.75) is 148 Å². The second kappa shape index (κ2) is 24.3. The maximum absolute atomic E-state index is 12.4. The van der Waals surface area contributed by atoms with E-state index in [2.05, 4.69) is 20.8 Å². The van der Waals surface area contributed by atoms with Crippen LogP contribution in [0.2, 0.25) is 0 Å². The molecule has 0 heterocycles. The van der Waals surface area contributed by atoms with E-state index in [0.717, 1.165) is 44.4 Å². The highest BCUT2D eigenvalue weighted by Gasteiger charge is 2.39. The van der Waals surface area contributed by atoms with Crippen molar-refractivity contribution in [3.63, 3.8) is 0 Å². The van der Waals surface area contributed by atoms with Crippen LogP contribution < -0.4 is 0 Å². The van der Waals surface area contributed by atoms with Crippen LogP contribution in [0.3, 0.4) is 0 Å². The number of aliphatic hydroxyl groups excluding tert-OH is 3. The van der Waals surface area contributed by atoms with E-state index in [1.807, 2.05) is 12.2 Å². The molecule has 0 spiro atoms. The van der Waals surface area contributed by atoms with Crippen LogP contribution in [0.15, 0.2) is 24.3 Å². The molecule has 0 unspecified atom stereocenters. The minimum atomic E-state index is -1.05. The lowest BCUT2D eigenvalue weighted by Crippen LogP contribution is -2.25. The summed E-state index contributed by atoms with van der Waals surface area (Å²) in [4.78, 5) is 36.2. The SMILES string of the molecule is CCCCC[C@H](O)/C=C/[C@H]1C(=O)C[C@H](O)[C@@H]1C/C=C\CCCC(=O)OC[C@H](O)COC(=O)CCCCCCCCC(C)C. The number of aliphatic hydroxyl groups is 3. The van der Waals surface area contributed by atoms with Gasteiger partial charge in [0.05, 0.1) is 12.2 Å². The molecule has 0 aromatic rings. The van der Waals surface area contributed by atoms with Gasteiger partial charge in [0.15, 0.2) is 0 Å². The largest absolute Gasteiger partial charge is 0.463 e. The predicted molar refractivity (Wildman–Crippen MR) is 169 cm³/mol. The number of carbonyl (C=O) groups is 3. The first-order valence-corrected chi connectivity index (χ1v) is 16.8. The Hall–Kier alpha value is -2.03. The number of Topliss-reactive ketones (excluding diaryl/α,β-unsaturated/α-hetero) is 1. The van der Waals surface area contributed by atoms with Crippen molar-refractivity contribution >= 4 is 17.7 Å². The van der Waals surface area contributed by atoms with E-state index in [1.54, 1.807) is 12.2 Å². The van der Waals surface area contributed by atoms with Crippen LogP contribution in [0.5, 0.6) is 0 Å². The zero-order chi connectivity index (χ0) is 31.9. The monoisotopic (exact) mass is 608 g/mol. The molecule has 0 saturated heterocycles. The zero-order valence-electron chi connectivity index (χ0n) is 27.1. The Morgan fingerprint density at radius 3 is 2.12 bits per heavy atom. The molecule has 248 valence electrons. The van der Waals surface area contributed by atoms with E-state index in [1.165, 1.54) is 25.7 Å². The summed E-state index contributed by atoms with van der Waals surface area (Å²) in [5, 5.41) is 30.5. The number of esters is 2. The third-order valence-corrected chi connectivity index (χ3v) is 7.99. The molecule has 1 fully saturated rings. The van der Waals surface area contributed by atoms with Crippen molar-refractivity contribution in [2.75, 3.05) is 13.2 Å². The number of hydrogen-bond acceptors (Lipinski definition) is 8. The maximum Gasteiger partial charge on any atom is 0.305 e. The van der Waals surface area contributed by atoms with E-state index in [0.29, 0.717) is 32.1 Å². The fraction of sp³-hybridized carbons (Fsp3) is 0.800. The van der Waals surface area contributed by atoms with Crippen molar-refractivity contribution in [1.29, 1.82) is 0 Å². The number of allylic oxidation sites excluding steroid dienone is 3. The average Bonchev–Trinajstić information content (AvgIpc) is 3.23. The van der Waals surface area contributed by atoms with Crippen molar-refractivity contribution in [3.8, 4) is 0 Å². The fourth-order valence-electron chi connectivity index (χ4n) is 5.31. The van der Waals surface area contributed by atoms with Crippen molar-refractivity contribution in [1.82, 2.24) is 0 Å². The fourth-order valence-corrected chi connectivity index (χ4v) is 5.31.